The number of hydrogen-bond donors (Lipinski definition) is 3. The number of nitrogens with zero attached hydrogens (tertiary/aromatic N) is 1. The molecule has 0 bridgehead atoms. The molecule has 2 heterocycles. The van der Waals surface area contributed by atoms with Gasteiger partial charge in [0.2, 0.25) is 11.8 Å². The van der Waals surface area contributed by atoms with Crippen molar-refractivity contribution in [1.29, 1.82) is 0 Å². The Balaban J connectivity index is 1.63. The van der Waals surface area contributed by atoms with Crippen LogP contribution in [0.3, 0.4) is 0 Å². The number of amides is 2. The number of hydrogen-bond acceptors (Lipinski definition) is 6. The number of thiophene rings is 1. The van der Waals surface area contributed by atoms with Crippen LogP contribution in [0, 0.1) is 12.8 Å². The standard InChI is InChI=1S/C18H24N4O2S2/c1-10-17(15-7-6-13(26-15)9-20-11(2)23)22-18(25-10)21-16(24)8-12-4-3-5-14(12)19/h6-7,12,14H,3-5,8-9,19H2,1-2H3,(H,20,23)(H,21,22,24)/t12-,14+/m0/s1. The highest BCUT2D eigenvalue weighted by Gasteiger charge is 2.26. The topological polar surface area (TPSA) is 97.1 Å². The molecule has 1 aliphatic carbocycles. The summed E-state index contributed by atoms with van der Waals surface area (Å²) in [5.41, 5.74) is 6.94. The van der Waals surface area contributed by atoms with Gasteiger partial charge in [-0.1, -0.05) is 6.42 Å². The first kappa shape index (κ1) is 19.0. The van der Waals surface area contributed by atoms with Crippen LogP contribution in [0.4, 0.5) is 5.13 Å². The molecule has 0 radical (unpaired) electrons. The zero-order valence-corrected chi connectivity index (χ0v) is 16.6. The van der Waals surface area contributed by atoms with Crippen LogP contribution < -0.4 is 16.4 Å². The van der Waals surface area contributed by atoms with Gasteiger partial charge in [0.25, 0.3) is 0 Å². The molecular formula is C18H24N4O2S2. The molecule has 0 aliphatic heterocycles. The van der Waals surface area contributed by atoms with Gasteiger partial charge in [-0.05, 0) is 37.8 Å². The normalized spacial score (nSPS) is 19.5. The van der Waals surface area contributed by atoms with Crippen LogP contribution in [-0.4, -0.2) is 22.8 Å². The van der Waals surface area contributed by atoms with Gasteiger partial charge in [-0.2, -0.15) is 0 Å². The Hall–Kier alpha value is -1.77. The minimum Gasteiger partial charge on any atom is -0.351 e. The number of aromatic nitrogens is 1. The van der Waals surface area contributed by atoms with E-state index in [0.717, 1.165) is 39.6 Å². The molecule has 8 heteroatoms. The number of carbonyl (C=O) groups is 2. The Labute approximate surface area is 161 Å². The Bertz CT molecular complexity index is 799. The van der Waals surface area contributed by atoms with Crippen LogP contribution >= 0.6 is 22.7 Å². The number of thiazole rings is 1. The number of nitrogens with one attached hydrogen (secondary N) is 2. The fourth-order valence-corrected chi connectivity index (χ4v) is 5.12. The first-order valence-electron chi connectivity index (χ1n) is 8.78. The zero-order valence-electron chi connectivity index (χ0n) is 15.0. The lowest BCUT2D eigenvalue weighted by molar-refractivity contribution is -0.119. The van der Waals surface area contributed by atoms with Crippen molar-refractivity contribution in [1.82, 2.24) is 10.3 Å². The van der Waals surface area contributed by atoms with E-state index in [9.17, 15) is 9.59 Å². The van der Waals surface area contributed by atoms with Gasteiger partial charge in [0.05, 0.1) is 17.1 Å². The maximum Gasteiger partial charge on any atom is 0.226 e. The van der Waals surface area contributed by atoms with Crippen LogP contribution in [0.2, 0.25) is 0 Å². The minimum atomic E-state index is -0.0447. The molecule has 1 saturated carbocycles. The Kier molecular flexibility index (Phi) is 6.05. The van der Waals surface area contributed by atoms with Gasteiger partial charge in [-0.3, -0.25) is 9.59 Å². The third kappa shape index (κ3) is 4.69. The monoisotopic (exact) mass is 392 g/mol. The van der Waals surface area contributed by atoms with E-state index in [2.05, 4.69) is 15.6 Å². The molecule has 1 aliphatic rings. The lowest BCUT2D eigenvalue weighted by atomic mass is 10.00. The Morgan fingerprint density at radius 2 is 2.12 bits per heavy atom. The first-order valence-corrected chi connectivity index (χ1v) is 10.4. The van der Waals surface area contributed by atoms with Gasteiger partial charge in [0.15, 0.2) is 5.13 Å². The molecule has 2 amide bonds. The van der Waals surface area contributed by atoms with E-state index in [1.54, 1.807) is 11.3 Å². The summed E-state index contributed by atoms with van der Waals surface area (Å²) in [6.07, 6.45) is 3.62. The fourth-order valence-electron chi connectivity index (χ4n) is 3.22. The maximum atomic E-state index is 12.3. The molecule has 26 heavy (non-hydrogen) atoms. The number of aryl methyl sites for hydroxylation is 1. The molecular weight excluding hydrogens is 368 g/mol. The largest absolute Gasteiger partial charge is 0.351 e. The van der Waals surface area contributed by atoms with Crippen LogP contribution in [0.15, 0.2) is 12.1 Å². The summed E-state index contributed by atoms with van der Waals surface area (Å²) in [7, 11) is 0. The van der Waals surface area contributed by atoms with Crippen LogP contribution in [0.25, 0.3) is 10.6 Å². The van der Waals surface area contributed by atoms with Crippen molar-refractivity contribution in [3.05, 3.63) is 21.9 Å². The highest BCUT2D eigenvalue weighted by molar-refractivity contribution is 7.18. The van der Waals surface area contributed by atoms with E-state index in [1.165, 1.54) is 18.3 Å². The van der Waals surface area contributed by atoms with Crippen molar-refractivity contribution >= 4 is 39.6 Å². The van der Waals surface area contributed by atoms with Gasteiger partial charge in [-0.15, -0.1) is 22.7 Å². The lowest BCUT2D eigenvalue weighted by Gasteiger charge is -2.13. The van der Waals surface area contributed by atoms with E-state index in [-0.39, 0.29) is 23.8 Å². The van der Waals surface area contributed by atoms with Gasteiger partial charge >= 0.3 is 0 Å². The molecule has 2 atom stereocenters. The average molecular weight is 393 g/mol. The molecule has 2 aromatic heterocycles. The van der Waals surface area contributed by atoms with Crippen molar-refractivity contribution in [2.24, 2.45) is 11.7 Å². The van der Waals surface area contributed by atoms with Crippen LogP contribution in [0.1, 0.15) is 42.4 Å². The molecule has 2 aromatic rings. The molecule has 4 N–H and O–H groups in total. The summed E-state index contributed by atoms with van der Waals surface area (Å²) >= 11 is 3.09. The highest BCUT2D eigenvalue weighted by atomic mass is 32.1. The second-order valence-electron chi connectivity index (χ2n) is 6.71. The van der Waals surface area contributed by atoms with E-state index in [1.807, 2.05) is 19.1 Å². The summed E-state index contributed by atoms with van der Waals surface area (Å²) in [6.45, 7) is 4.03. The lowest BCUT2D eigenvalue weighted by Crippen LogP contribution is -2.28. The molecule has 6 nitrogen and oxygen atoms in total. The van der Waals surface area contributed by atoms with Crippen molar-refractivity contribution in [2.45, 2.75) is 52.1 Å². The van der Waals surface area contributed by atoms with Gasteiger partial charge < -0.3 is 16.4 Å². The molecule has 0 saturated heterocycles. The third-order valence-corrected chi connectivity index (χ3v) is 6.59. The van der Waals surface area contributed by atoms with Gasteiger partial charge in [0.1, 0.15) is 0 Å². The fraction of sp³-hybridized carbons (Fsp3) is 0.500. The number of rotatable bonds is 6. The predicted molar refractivity (Wildman–Crippen MR) is 106 cm³/mol. The summed E-state index contributed by atoms with van der Waals surface area (Å²) in [5, 5.41) is 6.36. The zero-order chi connectivity index (χ0) is 18.7. The number of carbonyl (C=O) groups excluding carboxylic acids is 2. The van der Waals surface area contributed by atoms with Crippen molar-refractivity contribution in [3.63, 3.8) is 0 Å². The summed E-state index contributed by atoms with van der Waals surface area (Å²) in [5.74, 6) is 0.228. The highest BCUT2D eigenvalue weighted by Crippen LogP contribution is 2.35. The smallest absolute Gasteiger partial charge is 0.226 e. The maximum absolute atomic E-state index is 12.3. The summed E-state index contributed by atoms with van der Waals surface area (Å²) < 4.78 is 0. The van der Waals surface area contributed by atoms with E-state index in [4.69, 9.17) is 5.73 Å². The van der Waals surface area contributed by atoms with Gasteiger partial charge in [-0.25, -0.2) is 4.98 Å². The molecule has 0 aromatic carbocycles. The summed E-state index contributed by atoms with van der Waals surface area (Å²) in [4.78, 5) is 31.1. The molecule has 0 unspecified atom stereocenters. The molecule has 1 fully saturated rings. The number of nitrogens with two attached hydrogens (primary N) is 1. The predicted octanol–water partition coefficient (Wildman–Crippen LogP) is 3.27. The molecule has 0 spiro atoms. The van der Waals surface area contributed by atoms with Crippen LogP contribution in [-0.2, 0) is 16.1 Å². The van der Waals surface area contributed by atoms with Crippen molar-refractivity contribution in [3.8, 4) is 10.6 Å². The van der Waals surface area contributed by atoms with Crippen LogP contribution in [0.5, 0.6) is 0 Å². The molecule has 3 rings (SSSR count). The SMILES string of the molecule is CC(=O)NCc1ccc(-c2nc(NC(=O)C[C@@H]3CCC[C@H]3N)sc2C)s1. The Morgan fingerprint density at radius 1 is 1.31 bits per heavy atom. The minimum absolute atomic E-state index is 0.00910. The van der Waals surface area contributed by atoms with Gasteiger partial charge in [0, 0.05) is 29.1 Å². The number of anilines is 1. The summed E-state index contributed by atoms with van der Waals surface area (Å²) in [6, 6.07) is 4.14. The second kappa shape index (κ2) is 8.28. The third-order valence-electron chi connectivity index (χ3n) is 4.62. The van der Waals surface area contributed by atoms with E-state index in [0.29, 0.717) is 18.1 Å². The first-order chi connectivity index (χ1) is 12.4. The van der Waals surface area contributed by atoms with Crippen molar-refractivity contribution < 1.29 is 9.59 Å². The Morgan fingerprint density at radius 3 is 2.81 bits per heavy atom. The average Bonchev–Trinajstić information content (AvgIpc) is 3.27. The quantitative estimate of drug-likeness (QED) is 0.703. The van der Waals surface area contributed by atoms with E-state index >= 15 is 0 Å². The molecule has 140 valence electrons. The second-order valence-corrected chi connectivity index (χ2v) is 9.08. The van der Waals surface area contributed by atoms with E-state index < -0.39 is 0 Å². The van der Waals surface area contributed by atoms with Crippen molar-refractivity contribution in [2.75, 3.05) is 5.32 Å².